The van der Waals surface area contributed by atoms with Crippen molar-refractivity contribution in [1.82, 2.24) is 0 Å². The second-order valence-electron chi connectivity index (χ2n) is 5.50. The molecule has 16 heavy (non-hydrogen) atoms. The third-order valence-electron chi connectivity index (χ3n) is 2.36. The summed E-state index contributed by atoms with van der Waals surface area (Å²) in [4.78, 5) is 1.15. The molecule has 0 aliphatic rings. The molecule has 1 aromatic carbocycles. The highest BCUT2D eigenvalue weighted by Gasteiger charge is 2.19. The Kier molecular flexibility index (Phi) is 3.70. The summed E-state index contributed by atoms with van der Waals surface area (Å²) in [5.41, 5.74) is 1.51. The molecule has 1 rings (SSSR count). The normalized spacial score (nSPS) is 12.2. The fourth-order valence-corrected chi connectivity index (χ4v) is 2.25. The Balaban J connectivity index is 2.85. The average Bonchev–Trinajstić information content (AvgIpc) is 2.16. The van der Waals surface area contributed by atoms with Crippen LogP contribution >= 0.6 is 11.8 Å². The van der Waals surface area contributed by atoms with E-state index in [-0.39, 0.29) is 10.2 Å². The van der Waals surface area contributed by atoms with Crippen molar-refractivity contribution in [2.75, 3.05) is 0 Å². The van der Waals surface area contributed by atoms with Crippen LogP contribution in [0.3, 0.4) is 0 Å². The van der Waals surface area contributed by atoms with Gasteiger partial charge in [-0.05, 0) is 37.0 Å². The zero-order valence-electron chi connectivity index (χ0n) is 10.7. The van der Waals surface area contributed by atoms with Gasteiger partial charge in [0.2, 0.25) is 0 Å². The van der Waals surface area contributed by atoms with E-state index in [2.05, 4.69) is 51.1 Å². The lowest BCUT2D eigenvalue weighted by atomic mass is 9.87. The highest BCUT2D eigenvalue weighted by molar-refractivity contribution is 8.00. The molecule has 2 heteroatoms. The van der Waals surface area contributed by atoms with E-state index in [9.17, 15) is 0 Å². The van der Waals surface area contributed by atoms with Gasteiger partial charge in [0.25, 0.3) is 0 Å². The number of nitrogens with zero attached hydrogens (tertiary/aromatic N) is 1. The van der Waals surface area contributed by atoms with Gasteiger partial charge in [0.1, 0.15) is 4.75 Å². The summed E-state index contributed by atoms with van der Waals surface area (Å²) < 4.78 is -0.358. The number of hydrogen-bond donors (Lipinski definition) is 0. The van der Waals surface area contributed by atoms with Crippen molar-refractivity contribution in [3.05, 3.63) is 29.8 Å². The van der Waals surface area contributed by atoms with E-state index in [0.717, 1.165) is 4.90 Å². The SMILES string of the molecule is CC(C)(C#N)Sc1ccc(C(C)(C)C)cc1. The largest absolute Gasteiger partial charge is 0.197 e. The predicted octanol–water partition coefficient (Wildman–Crippen LogP) is 4.38. The van der Waals surface area contributed by atoms with E-state index in [1.54, 1.807) is 11.8 Å². The molecule has 0 saturated carbocycles. The van der Waals surface area contributed by atoms with E-state index in [4.69, 9.17) is 5.26 Å². The Morgan fingerprint density at radius 3 is 1.88 bits per heavy atom. The number of thioether (sulfide) groups is 1. The maximum Gasteiger partial charge on any atom is 0.101 e. The fourth-order valence-electron chi connectivity index (χ4n) is 1.34. The zero-order valence-corrected chi connectivity index (χ0v) is 11.5. The maximum atomic E-state index is 8.97. The summed E-state index contributed by atoms with van der Waals surface area (Å²) in [5, 5.41) is 8.97. The van der Waals surface area contributed by atoms with E-state index >= 15 is 0 Å². The molecule has 0 fully saturated rings. The van der Waals surface area contributed by atoms with Crippen LogP contribution in [0.15, 0.2) is 29.2 Å². The van der Waals surface area contributed by atoms with Crippen molar-refractivity contribution in [3.63, 3.8) is 0 Å². The molecule has 0 bridgehead atoms. The van der Waals surface area contributed by atoms with Crippen molar-refractivity contribution in [2.45, 2.75) is 49.7 Å². The molecule has 86 valence electrons. The lowest BCUT2D eigenvalue weighted by Gasteiger charge is -2.20. The summed E-state index contributed by atoms with van der Waals surface area (Å²) >= 11 is 1.60. The Bertz CT molecular complexity index is 390. The Labute approximate surface area is 103 Å². The summed E-state index contributed by atoms with van der Waals surface area (Å²) in [6.45, 7) is 10.5. The molecular weight excluding hydrogens is 214 g/mol. The first-order valence-corrected chi connectivity index (χ1v) is 6.27. The molecule has 0 atom stereocenters. The van der Waals surface area contributed by atoms with Crippen molar-refractivity contribution in [3.8, 4) is 6.07 Å². The standard InChI is InChI=1S/C14H19NS/c1-13(2,3)11-6-8-12(9-7-11)16-14(4,5)10-15/h6-9H,1-5H3. The van der Waals surface area contributed by atoms with Gasteiger partial charge in [0, 0.05) is 4.90 Å². The van der Waals surface area contributed by atoms with Gasteiger partial charge in [-0.25, -0.2) is 0 Å². The summed E-state index contributed by atoms with van der Waals surface area (Å²) in [6, 6.07) is 10.8. The van der Waals surface area contributed by atoms with Crippen LogP contribution in [0.5, 0.6) is 0 Å². The minimum absolute atomic E-state index is 0.188. The molecule has 0 aromatic heterocycles. The molecule has 0 spiro atoms. The van der Waals surface area contributed by atoms with Crippen molar-refractivity contribution >= 4 is 11.8 Å². The Morgan fingerprint density at radius 1 is 1.00 bits per heavy atom. The van der Waals surface area contributed by atoms with Gasteiger partial charge in [0.15, 0.2) is 0 Å². The predicted molar refractivity (Wildman–Crippen MR) is 70.7 cm³/mol. The summed E-state index contributed by atoms with van der Waals surface area (Å²) in [5.74, 6) is 0. The second kappa shape index (κ2) is 4.51. The third kappa shape index (κ3) is 3.57. The minimum Gasteiger partial charge on any atom is -0.197 e. The molecule has 1 nitrogen and oxygen atoms in total. The highest BCUT2D eigenvalue weighted by atomic mass is 32.2. The van der Waals surface area contributed by atoms with E-state index < -0.39 is 0 Å². The van der Waals surface area contributed by atoms with E-state index in [1.165, 1.54) is 5.56 Å². The first kappa shape index (κ1) is 13.1. The van der Waals surface area contributed by atoms with Gasteiger partial charge in [-0.3, -0.25) is 0 Å². The van der Waals surface area contributed by atoms with Crippen LogP contribution in [0, 0.1) is 11.3 Å². The molecule has 0 heterocycles. The maximum absolute atomic E-state index is 8.97. The van der Waals surface area contributed by atoms with Crippen LogP contribution in [0.25, 0.3) is 0 Å². The van der Waals surface area contributed by atoms with Gasteiger partial charge in [0.05, 0.1) is 6.07 Å². The van der Waals surface area contributed by atoms with Crippen LogP contribution in [0.4, 0.5) is 0 Å². The molecule has 0 N–H and O–H groups in total. The number of rotatable bonds is 2. The van der Waals surface area contributed by atoms with Crippen LogP contribution in [0.2, 0.25) is 0 Å². The average molecular weight is 233 g/mol. The van der Waals surface area contributed by atoms with Gasteiger partial charge in [-0.1, -0.05) is 32.9 Å². The molecule has 0 aliphatic heterocycles. The van der Waals surface area contributed by atoms with Crippen LogP contribution in [-0.2, 0) is 5.41 Å². The van der Waals surface area contributed by atoms with Gasteiger partial charge in [-0.2, -0.15) is 5.26 Å². The zero-order chi connectivity index (χ0) is 12.4. The van der Waals surface area contributed by atoms with Crippen molar-refractivity contribution in [2.24, 2.45) is 0 Å². The molecule has 0 saturated heterocycles. The monoisotopic (exact) mass is 233 g/mol. The number of hydrogen-bond acceptors (Lipinski definition) is 2. The van der Waals surface area contributed by atoms with Gasteiger partial charge < -0.3 is 0 Å². The number of nitriles is 1. The summed E-state index contributed by atoms with van der Waals surface area (Å²) in [7, 11) is 0. The van der Waals surface area contributed by atoms with Crippen LogP contribution in [-0.4, -0.2) is 4.75 Å². The van der Waals surface area contributed by atoms with E-state index in [0.29, 0.717) is 0 Å². The van der Waals surface area contributed by atoms with Crippen molar-refractivity contribution < 1.29 is 0 Å². The van der Waals surface area contributed by atoms with Crippen LogP contribution < -0.4 is 0 Å². The molecule has 0 unspecified atom stereocenters. The quantitative estimate of drug-likeness (QED) is 0.708. The third-order valence-corrected chi connectivity index (χ3v) is 3.47. The lowest BCUT2D eigenvalue weighted by Crippen LogP contribution is -2.11. The summed E-state index contributed by atoms with van der Waals surface area (Å²) in [6.07, 6.45) is 0. The topological polar surface area (TPSA) is 23.8 Å². The molecule has 1 aromatic rings. The fraction of sp³-hybridized carbons (Fsp3) is 0.500. The number of benzene rings is 1. The molecular formula is C14H19NS. The molecule has 0 amide bonds. The Morgan fingerprint density at radius 2 is 1.50 bits per heavy atom. The molecule has 0 aliphatic carbocycles. The lowest BCUT2D eigenvalue weighted by molar-refractivity contribution is 0.589. The molecule has 0 radical (unpaired) electrons. The second-order valence-corrected chi connectivity index (χ2v) is 7.19. The van der Waals surface area contributed by atoms with Gasteiger partial charge >= 0.3 is 0 Å². The Hall–Kier alpha value is -0.940. The minimum atomic E-state index is -0.358. The smallest absolute Gasteiger partial charge is 0.101 e. The van der Waals surface area contributed by atoms with Crippen molar-refractivity contribution in [1.29, 1.82) is 5.26 Å². The first-order chi connectivity index (χ1) is 7.24. The van der Waals surface area contributed by atoms with Gasteiger partial charge in [-0.15, -0.1) is 11.8 Å². The van der Waals surface area contributed by atoms with Crippen LogP contribution in [0.1, 0.15) is 40.2 Å². The first-order valence-electron chi connectivity index (χ1n) is 5.45. The highest BCUT2D eigenvalue weighted by Crippen LogP contribution is 2.33. The van der Waals surface area contributed by atoms with E-state index in [1.807, 2.05) is 13.8 Å².